The molecule has 3 aromatic rings. The highest BCUT2D eigenvalue weighted by atomic mass is 35.5. The first kappa shape index (κ1) is 18.5. The molecule has 6 heteroatoms. The fourth-order valence-corrected chi connectivity index (χ4v) is 2.60. The molecule has 0 bridgehead atoms. The predicted octanol–water partition coefficient (Wildman–Crippen LogP) is 4.64. The largest absolute Gasteiger partial charge is 0.376 e. The van der Waals surface area contributed by atoms with Gasteiger partial charge in [-0.25, -0.2) is 0 Å². The van der Waals surface area contributed by atoms with E-state index in [9.17, 15) is 9.59 Å². The molecule has 0 aromatic heterocycles. The zero-order valence-electron chi connectivity index (χ0n) is 14.4. The first-order chi connectivity index (χ1) is 13.1. The van der Waals surface area contributed by atoms with Gasteiger partial charge >= 0.3 is 0 Å². The fraction of sp³-hybridized carbons (Fsp3) is 0.0476. The third kappa shape index (κ3) is 5.33. The summed E-state index contributed by atoms with van der Waals surface area (Å²) in [5.74, 6) is -0.474. The lowest BCUT2D eigenvalue weighted by Crippen LogP contribution is -2.23. The van der Waals surface area contributed by atoms with Gasteiger partial charge in [-0.05, 0) is 48.5 Å². The second-order valence-electron chi connectivity index (χ2n) is 5.77. The van der Waals surface area contributed by atoms with Crippen LogP contribution in [0.4, 0.5) is 17.1 Å². The molecule has 0 spiro atoms. The summed E-state index contributed by atoms with van der Waals surface area (Å²) in [5.41, 5.74) is 2.38. The first-order valence-electron chi connectivity index (χ1n) is 8.36. The Morgan fingerprint density at radius 1 is 0.741 bits per heavy atom. The zero-order chi connectivity index (χ0) is 19.1. The topological polar surface area (TPSA) is 70.2 Å². The minimum Gasteiger partial charge on any atom is -0.376 e. The van der Waals surface area contributed by atoms with Crippen molar-refractivity contribution in [1.82, 2.24) is 0 Å². The molecule has 0 fully saturated rings. The van der Waals surface area contributed by atoms with Crippen LogP contribution < -0.4 is 16.0 Å². The average molecular weight is 380 g/mol. The van der Waals surface area contributed by atoms with Crippen molar-refractivity contribution in [1.29, 1.82) is 0 Å². The van der Waals surface area contributed by atoms with Crippen molar-refractivity contribution in [2.75, 3.05) is 22.5 Å². The maximum atomic E-state index is 12.6. The van der Waals surface area contributed by atoms with Crippen LogP contribution in [-0.2, 0) is 4.79 Å². The van der Waals surface area contributed by atoms with Crippen LogP contribution in [0.25, 0.3) is 0 Å². The number of para-hydroxylation sites is 2. The second-order valence-corrected chi connectivity index (χ2v) is 6.21. The van der Waals surface area contributed by atoms with E-state index in [0.717, 1.165) is 5.69 Å². The first-order valence-corrected chi connectivity index (χ1v) is 8.74. The molecule has 0 radical (unpaired) electrons. The van der Waals surface area contributed by atoms with E-state index in [1.165, 1.54) is 0 Å². The van der Waals surface area contributed by atoms with Gasteiger partial charge in [0.15, 0.2) is 0 Å². The second kappa shape index (κ2) is 8.87. The van der Waals surface area contributed by atoms with Gasteiger partial charge in [0, 0.05) is 22.1 Å². The van der Waals surface area contributed by atoms with Gasteiger partial charge in [0.05, 0.1) is 12.1 Å². The number of carbonyl (C=O) groups is 2. The molecule has 2 amide bonds. The van der Waals surface area contributed by atoms with Crippen LogP contribution in [-0.4, -0.2) is 18.4 Å². The summed E-state index contributed by atoms with van der Waals surface area (Å²) in [6.45, 7) is 0.0418. The van der Waals surface area contributed by atoms with Crippen LogP contribution in [0.15, 0.2) is 78.9 Å². The number of anilines is 3. The SMILES string of the molecule is O=C(CNc1ccccc1C(=O)Nc1ccc(Cl)cc1)Nc1ccccc1. The Kier molecular flexibility index (Phi) is 6.07. The molecule has 0 saturated heterocycles. The quantitative estimate of drug-likeness (QED) is 0.584. The van der Waals surface area contributed by atoms with Gasteiger partial charge in [0.2, 0.25) is 5.91 Å². The number of benzene rings is 3. The highest BCUT2D eigenvalue weighted by molar-refractivity contribution is 6.30. The van der Waals surface area contributed by atoms with Gasteiger partial charge in [-0.2, -0.15) is 0 Å². The number of hydrogen-bond acceptors (Lipinski definition) is 3. The third-order valence-corrected chi connectivity index (χ3v) is 4.02. The minimum absolute atomic E-state index is 0.0418. The summed E-state index contributed by atoms with van der Waals surface area (Å²) < 4.78 is 0. The highest BCUT2D eigenvalue weighted by Gasteiger charge is 2.12. The van der Waals surface area contributed by atoms with E-state index in [-0.39, 0.29) is 18.4 Å². The van der Waals surface area contributed by atoms with Gasteiger partial charge < -0.3 is 16.0 Å². The molecular weight excluding hydrogens is 362 g/mol. The Labute approximate surface area is 162 Å². The molecule has 3 N–H and O–H groups in total. The van der Waals surface area contributed by atoms with E-state index in [0.29, 0.717) is 22.0 Å². The van der Waals surface area contributed by atoms with Crippen molar-refractivity contribution >= 4 is 40.5 Å². The molecule has 3 aromatic carbocycles. The smallest absolute Gasteiger partial charge is 0.257 e. The summed E-state index contributed by atoms with van der Waals surface area (Å²) in [5, 5.41) is 9.22. The molecule has 27 heavy (non-hydrogen) atoms. The Balaban J connectivity index is 1.63. The van der Waals surface area contributed by atoms with E-state index in [4.69, 9.17) is 11.6 Å². The number of halogens is 1. The molecule has 0 unspecified atom stereocenters. The van der Waals surface area contributed by atoms with Crippen LogP contribution in [0.5, 0.6) is 0 Å². The Hall–Kier alpha value is -3.31. The lowest BCUT2D eigenvalue weighted by atomic mass is 10.1. The molecule has 0 saturated carbocycles. The predicted molar refractivity (Wildman–Crippen MR) is 109 cm³/mol. The minimum atomic E-state index is -0.274. The molecule has 0 heterocycles. The Bertz CT molecular complexity index is 928. The summed E-state index contributed by atoms with van der Waals surface area (Å²) >= 11 is 5.86. The van der Waals surface area contributed by atoms with E-state index < -0.39 is 0 Å². The number of hydrogen-bond donors (Lipinski definition) is 3. The molecule has 3 rings (SSSR count). The number of nitrogens with one attached hydrogen (secondary N) is 3. The summed E-state index contributed by atoms with van der Waals surface area (Å²) in [4.78, 5) is 24.7. The van der Waals surface area contributed by atoms with Gasteiger partial charge in [-0.15, -0.1) is 0 Å². The van der Waals surface area contributed by atoms with Gasteiger partial charge in [-0.1, -0.05) is 41.9 Å². The monoisotopic (exact) mass is 379 g/mol. The fourth-order valence-electron chi connectivity index (χ4n) is 2.47. The molecule has 0 aliphatic rings. The molecule has 136 valence electrons. The maximum Gasteiger partial charge on any atom is 0.257 e. The van der Waals surface area contributed by atoms with Crippen molar-refractivity contribution in [2.45, 2.75) is 0 Å². The van der Waals surface area contributed by atoms with Crippen LogP contribution >= 0.6 is 11.6 Å². The summed E-state index contributed by atoms with van der Waals surface area (Å²) in [6.07, 6.45) is 0. The Morgan fingerprint density at radius 2 is 1.37 bits per heavy atom. The van der Waals surface area contributed by atoms with Gasteiger partial charge in [0.25, 0.3) is 5.91 Å². The van der Waals surface area contributed by atoms with Crippen molar-refractivity contribution in [2.24, 2.45) is 0 Å². The number of carbonyl (C=O) groups excluding carboxylic acids is 2. The number of rotatable bonds is 6. The lowest BCUT2D eigenvalue weighted by Gasteiger charge is -2.12. The van der Waals surface area contributed by atoms with Crippen LogP contribution in [0.2, 0.25) is 5.02 Å². The highest BCUT2D eigenvalue weighted by Crippen LogP contribution is 2.19. The van der Waals surface area contributed by atoms with Gasteiger partial charge in [-0.3, -0.25) is 9.59 Å². The standard InChI is InChI=1S/C21H18ClN3O2/c22-15-10-12-17(13-11-15)25-21(27)18-8-4-5-9-19(18)23-14-20(26)24-16-6-2-1-3-7-16/h1-13,23H,14H2,(H,24,26)(H,25,27). The van der Waals surface area contributed by atoms with E-state index in [1.54, 1.807) is 48.5 Å². The molecular formula is C21H18ClN3O2. The van der Waals surface area contributed by atoms with Crippen LogP contribution in [0.1, 0.15) is 10.4 Å². The Morgan fingerprint density at radius 3 is 2.11 bits per heavy atom. The van der Waals surface area contributed by atoms with E-state index in [2.05, 4.69) is 16.0 Å². The molecule has 0 atom stereocenters. The molecule has 0 aliphatic heterocycles. The average Bonchev–Trinajstić information content (AvgIpc) is 2.69. The zero-order valence-corrected chi connectivity index (χ0v) is 15.2. The van der Waals surface area contributed by atoms with Crippen LogP contribution in [0.3, 0.4) is 0 Å². The van der Waals surface area contributed by atoms with E-state index in [1.807, 2.05) is 30.3 Å². The molecule has 0 aliphatic carbocycles. The summed E-state index contributed by atoms with van der Waals surface area (Å²) in [6, 6.07) is 23.1. The number of amides is 2. The maximum absolute atomic E-state index is 12.6. The normalized spacial score (nSPS) is 10.1. The van der Waals surface area contributed by atoms with Gasteiger partial charge in [0.1, 0.15) is 0 Å². The van der Waals surface area contributed by atoms with Crippen molar-refractivity contribution in [3.63, 3.8) is 0 Å². The van der Waals surface area contributed by atoms with Crippen molar-refractivity contribution in [3.8, 4) is 0 Å². The van der Waals surface area contributed by atoms with E-state index >= 15 is 0 Å². The van der Waals surface area contributed by atoms with Crippen molar-refractivity contribution < 1.29 is 9.59 Å². The lowest BCUT2D eigenvalue weighted by molar-refractivity contribution is -0.114. The summed E-state index contributed by atoms with van der Waals surface area (Å²) in [7, 11) is 0. The van der Waals surface area contributed by atoms with Crippen LogP contribution in [0, 0.1) is 0 Å². The third-order valence-electron chi connectivity index (χ3n) is 3.77. The molecule has 5 nitrogen and oxygen atoms in total. The van der Waals surface area contributed by atoms with Crippen molar-refractivity contribution in [3.05, 3.63) is 89.4 Å².